The first-order chi connectivity index (χ1) is 18.6. The fourth-order valence-electron chi connectivity index (χ4n) is 4.39. The van der Waals surface area contributed by atoms with E-state index < -0.39 is 11.5 Å². The third-order valence-corrected chi connectivity index (χ3v) is 6.23. The number of aryl methyl sites for hydroxylation is 1. The molecule has 1 aliphatic rings. The van der Waals surface area contributed by atoms with E-state index in [0.29, 0.717) is 53.7 Å². The number of carbonyl (C=O) groups is 2. The summed E-state index contributed by atoms with van der Waals surface area (Å²) >= 11 is 0. The van der Waals surface area contributed by atoms with Crippen molar-refractivity contribution in [2.24, 2.45) is 0 Å². The van der Waals surface area contributed by atoms with Crippen LogP contribution in [-0.2, 0) is 17.8 Å². The number of nitrogens with one attached hydrogen (secondary N) is 1. The average molecular weight is 531 g/mol. The molecule has 5 rings (SSSR count). The van der Waals surface area contributed by atoms with E-state index >= 15 is 0 Å². The standard InChI is InChI=1S/C28H30N6O5/c1-17-22(23(32-39-17)18-9-7-6-8-10-18)25(35)30-20-12-11-19(31-26(20)37-5)24-21-15-33(13-14-34(21)16-29-24)27(36)38-28(2,3)4/h6-12,16H,13-15H2,1-5H3,(H,30,35). The van der Waals surface area contributed by atoms with Crippen LogP contribution in [0.1, 0.15) is 42.6 Å². The molecule has 2 amide bonds. The number of amides is 2. The Hall–Kier alpha value is -4.67. The topological polar surface area (TPSA) is 125 Å². The van der Waals surface area contributed by atoms with Gasteiger partial charge in [-0.25, -0.2) is 14.8 Å². The van der Waals surface area contributed by atoms with Gasteiger partial charge in [-0.05, 0) is 39.8 Å². The van der Waals surface area contributed by atoms with Gasteiger partial charge in [0, 0.05) is 18.7 Å². The van der Waals surface area contributed by atoms with Gasteiger partial charge in [0.05, 0.1) is 31.4 Å². The van der Waals surface area contributed by atoms with Crippen LogP contribution in [0.25, 0.3) is 22.6 Å². The molecule has 0 saturated heterocycles. The molecule has 4 aromatic rings. The second-order valence-corrected chi connectivity index (χ2v) is 10.2. The van der Waals surface area contributed by atoms with Crippen LogP contribution in [0.5, 0.6) is 5.88 Å². The summed E-state index contributed by atoms with van der Waals surface area (Å²) in [6.45, 7) is 8.66. The van der Waals surface area contributed by atoms with Crippen molar-refractivity contribution in [1.29, 1.82) is 0 Å². The summed E-state index contributed by atoms with van der Waals surface area (Å²) in [5, 5.41) is 6.96. The highest BCUT2D eigenvalue weighted by molar-refractivity contribution is 6.09. The summed E-state index contributed by atoms with van der Waals surface area (Å²) in [6, 6.07) is 12.8. The molecule has 0 atom stereocenters. The van der Waals surface area contributed by atoms with E-state index in [4.69, 9.17) is 14.0 Å². The lowest BCUT2D eigenvalue weighted by Crippen LogP contribution is -2.41. The van der Waals surface area contributed by atoms with Crippen LogP contribution in [-0.4, -0.2) is 55.8 Å². The summed E-state index contributed by atoms with van der Waals surface area (Å²) in [6.07, 6.45) is 1.36. The van der Waals surface area contributed by atoms with E-state index in [0.717, 1.165) is 11.3 Å². The number of aromatic nitrogens is 4. The molecular formula is C28H30N6O5. The Balaban J connectivity index is 1.39. The number of anilines is 1. The van der Waals surface area contributed by atoms with Gasteiger partial charge < -0.3 is 28.8 Å². The number of ether oxygens (including phenoxy) is 2. The molecule has 0 saturated carbocycles. The van der Waals surface area contributed by atoms with E-state index in [9.17, 15) is 9.59 Å². The molecule has 202 valence electrons. The van der Waals surface area contributed by atoms with Gasteiger partial charge in [-0.3, -0.25) is 4.79 Å². The maximum absolute atomic E-state index is 13.3. The van der Waals surface area contributed by atoms with Gasteiger partial charge in [0.2, 0.25) is 5.88 Å². The predicted octanol–water partition coefficient (Wildman–Crippen LogP) is 4.92. The quantitative estimate of drug-likeness (QED) is 0.386. The smallest absolute Gasteiger partial charge is 0.410 e. The van der Waals surface area contributed by atoms with Crippen LogP contribution in [0.15, 0.2) is 53.3 Å². The summed E-state index contributed by atoms with van der Waals surface area (Å²) in [5.74, 6) is 0.222. The number of hydrogen-bond donors (Lipinski definition) is 1. The van der Waals surface area contributed by atoms with Crippen molar-refractivity contribution >= 4 is 17.7 Å². The fourth-order valence-corrected chi connectivity index (χ4v) is 4.39. The second kappa shape index (κ2) is 10.2. The molecule has 0 spiro atoms. The van der Waals surface area contributed by atoms with E-state index in [-0.39, 0.29) is 12.0 Å². The lowest BCUT2D eigenvalue weighted by molar-refractivity contribution is 0.0199. The minimum Gasteiger partial charge on any atom is -0.479 e. The number of nitrogens with zero attached hydrogens (tertiary/aromatic N) is 5. The van der Waals surface area contributed by atoms with Crippen molar-refractivity contribution in [1.82, 2.24) is 24.6 Å². The van der Waals surface area contributed by atoms with Gasteiger partial charge in [-0.15, -0.1) is 0 Å². The Labute approximate surface area is 225 Å². The molecule has 1 N–H and O–H groups in total. The molecular weight excluding hydrogens is 500 g/mol. The molecule has 4 heterocycles. The monoisotopic (exact) mass is 530 g/mol. The normalized spacial score (nSPS) is 13.1. The Morgan fingerprint density at radius 1 is 1.05 bits per heavy atom. The van der Waals surface area contributed by atoms with Gasteiger partial charge in [0.1, 0.15) is 34.0 Å². The van der Waals surface area contributed by atoms with Crippen LogP contribution in [0.2, 0.25) is 0 Å². The molecule has 3 aromatic heterocycles. The van der Waals surface area contributed by atoms with Gasteiger partial charge >= 0.3 is 6.09 Å². The van der Waals surface area contributed by atoms with Crippen LogP contribution in [0.4, 0.5) is 10.5 Å². The van der Waals surface area contributed by atoms with Crippen molar-refractivity contribution in [3.8, 4) is 28.5 Å². The number of benzene rings is 1. The minimum absolute atomic E-state index is 0.220. The Morgan fingerprint density at radius 3 is 2.54 bits per heavy atom. The Bertz CT molecular complexity index is 1520. The maximum atomic E-state index is 13.3. The Kier molecular flexibility index (Phi) is 6.81. The van der Waals surface area contributed by atoms with Gasteiger partial charge in [0.25, 0.3) is 5.91 Å². The minimum atomic E-state index is -0.584. The highest BCUT2D eigenvalue weighted by atomic mass is 16.6. The fraction of sp³-hybridized carbons (Fsp3) is 0.321. The number of fused-ring (bicyclic) bond motifs is 1. The van der Waals surface area contributed by atoms with Gasteiger partial charge in [-0.1, -0.05) is 35.5 Å². The van der Waals surface area contributed by atoms with Crippen LogP contribution in [0.3, 0.4) is 0 Å². The van der Waals surface area contributed by atoms with Crippen LogP contribution >= 0.6 is 0 Å². The molecule has 1 aliphatic heterocycles. The zero-order valence-electron chi connectivity index (χ0n) is 22.5. The van der Waals surface area contributed by atoms with E-state index in [1.807, 2.05) is 55.7 Å². The average Bonchev–Trinajstić information content (AvgIpc) is 3.51. The van der Waals surface area contributed by atoms with E-state index in [1.54, 1.807) is 30.3 Å². The first kappa shape index (κ1) is 26.0. The van der Waals surface area contributed by atoms with Crippen molar-refractivity contribution < 1.29 is 23.6 Å². The molecule has 0 radical (unpaired) electrons. The molecule has 39 heavy (non-hydrogen) atoms. The van der Waals surface area contributed by atoms with Crippen LogP contribution in [0, 0.1) is 6.92 Å². The molecule has 11 nitrogen and oxygen atoms in total. The van der Waals surface area contributed by atoms with Crippen LogP contribution < -0.4 is 10.1 Å². The van der Waals surface area contributed by atoms with Gasteiger partial charge in [-0.2, -0.15) is 0 Å². The number of imidazole rings is 1. The van der Waals surface area contributed by atoms with Crippen molar-refractivity contribution in [3.63, 3.8) is 0 Å². The SMILES string of the molecule is COc1nc(-c2ncn3c2CN(C(=O)OC(C)(C)C)CC3)ccc1NC(=O)c1c(-c2ccccc2)noc1C. The lowest BCUT2D eigenvalue weighted by atomic mass is 10.1. The summed E-state index contributed by atoms with van der Waals surface area (Å²) < 4.78 is 18.4. The second-order valence-electron chi connectivity index (χ2n) is 10.2. The molecule has 0 unspecified atom stereocenters. The van der Waals surface area contributed by atoms with E-state index in [1.165, 1.54) is 7.11 Å². The number of carbonyl (C=O) groups excluding carboxylic acids is 2. The van der Waals surface area contributed by atoms with Crippen molar-refractivity contribution in [2.45, 2.75) is 46.4 Å². The Morgan fingerprint density at radius 2 is 1.82 bits per heavy atom. The molecule has 11 heteroatoms. The highest BCUT2D eigenvalue weighted by Crippen LogP contribution is 2.32. The third kappa shape index (κ3) is 5.33. The maximum Gasteiger partial charge on any atom is 0.410 e. The van der Waals surface area contributed by atoms with Crippen molar-refractivity contribution in [2.75, 3.05) is 19.0 Å². The number of rotatable bonds is 5. The zero-order chi connectivity index (χ0) is 27.7. The predicted molar refractivity (Wildman–Crippen MR) is 143 cm³/mol. The molecule has 0 aliphatic carbocycles. The molecule has 1 aromatic carbocycles. The van der Waals surface area contributed by atoms with Gasteiger partial charge in [0.15, 0.2) is 0 Å². The number of hydrogen-bond acceptors (Lipinski definition) is 8. The summed E-state index contributed by atoms with van der Waals surface area (Å²) in [7, 11) is 1.48. The largest absolute Gasteiger partial charge is 0.479 e. The highest BCUT2D eigenvalue weighted by Gasteiger charge is 2.29. The summed E-state index contributed by atoms with van der Waals surface area (Å²) in [5.41, 5.74) is 3.37. The first-order valence-electron chi connectivity index (χ1n) is 12.5. The first-order valence-corrected chi connectivity index (χ1v) is 12.5. The summed E-state index contributed by atoms with van der Waals surface area (Å²) in [4.78, 5) is 36.8. The van der Waals surface area contributed by atoms with E-state index in [2.05, 4.69) is 20.4 Å². The zero-order valence-corrected chi connectivity index (χ0v) is 22.5. The molecule has 0 bridgehead atoms. The number of methoxy groups -OCH3 is 1. The lowest BCUT2D eigenvalue weighted by Gasteiger charge is -2.31. The third-order valence-electron chi connectivity index (χ3n) is 6.23. The molecule has 0 fully saturated rings. The number of pyridine rings is 1. The van der Waals surface area contributed by atoms with Crippen molar-refractivity contribution in [3.05, 3.63) is 65.8 Å².